The van der Waals surface area contributed by atoms with Crippen molar-refractivity contribution in [1.82, 2.24) is 9.97 Å². The van der Waals surface area contributed by atoms with E-state index in [9.17, 15) is 0 Å². The molecule has 0 saturated carbocycles. The number of anilines is 3. The molecule has 0 aliphatic heterocycles. The fraction of sp³-hybridized carbons (Fsp3) is 0.500. The van der Waals surface area contributed by atoms with Crippen LogP contribution in [0.5, 0.6) is 0 Å². The van der Waals surface area contributed by atoms with Gasteiger partial charge in [-0.2, -0.15) is 9.97 Å². The zero-order valence-corrected chi connectivity index (χ0v) is 8.78. The molecule has 7 N–H and O–H groups in total. The Labute approximate surface area is 87.9 Å². The molecule has 7 heteroatoms. The number of hydrogen-bond donors (Lipinski definition) is 5. The van der Waals surface area contributed by atoms with Crippen molar-refractivity contribution in [3.05, 3.63) is 6.07 Å². The smallest absolute Gasteiger partial charge is 0.223 e. The molecule has 0 radical (unpaired) electrons. The molecule has 1 aromatic rings. The van der Waals surface area contributed by atoms with Crippen LogP contribution >= 0.6 is 0 Å². The Bertz CT molecular complexity index is 340. The van der Waals surface area contributed by atoms with E-state index in [2.05, 4.69) is 20.7 Å². The molecule has 0 amide bonds. The standard InChI is InChI=1S/C8H16N6O/c1-8(2,4-15)13-5-3-6(14-10)12-7(9)11-5/h3,15H,4,10H2,1-2H3,(H4,9,11,12,13,14). The first-order chi connectivity index (χ1) is 6.96. The van der Waals surface area contributed by atoms with E-state index >= 15 is 0 Å². The van der Waals surface area contributed by atoms with E-state index in [1.54, 1.807) is 6.07 Å². The normalized spacial score (nSPS) is 11.2. The Morgan fingerprint density at radius 3 is 2.53 bits per heavy atom. The van der Waals surface area contributed by atoms with Crippen molar-refractivity contribution >= 4 is 17.6 Å². The Morgan fingerprint density at radius 1 is 1.40 bits per heavy atom. The van der Waals surface area contributed by atoms with Crippen LogP contribution in [0.2, 0.25) is 0 Å². The molecule has 0 unspecified atom stereocenters. The Morgan fingerprint density at radius 2 is 2.00 bits per heavy atom. The van der Waals surface area contributed by atoms with Crippen LogP contribution in [0, 0.1) is 0 Å². The first kappa shape index (κ1) is 11.5. The summed E-state index contributed by atoms with van der Waals surface area (Å²) >= 11 is 0. The Kier molecular flexibility index (Phi) is 3.28. The zero-order chi connectivity index (χ0) is 11.5. The van der Waals surface area contributed by atoms with Crippen LogP contribution in [-0.2, 0) is 0 Å². The topological polar surface area (TPSA) is 122 Å². The van der Waals surface area contributed by atoms with Gasteiger partial charge < -0.3 is 21.6 Å². The van der Waals surface area contributed by atoms with Gasteiger partial charge in [-0.3, -0.25) is 0 Å². The van der Waals surface area contributed by atoms with Crippen LogP contribution in [0.4, 0.5) is 17.6 Å². The predicted octanol–water partition coefficient (Wildman–Crippen LogP) is -0.473. The van der Waals surface area contributed by atoms with Crippen LogP contribution in [0.25, 0.3) is 0 Å². The van der Waals surface area contributed by atoms with Crippen molar-refractivity contribution in [3.8, 4) is 0 Å². The van der Waals surface area contributed by atoms with E-state index in [-0.39, 0.29) is 12.6 Å². The van der Waals surface area contributed by atoms with Gasteiger partial charge in [0, 0.05) is 6.07 Å². The number of nitrogens with zero attached hydrogens (tertiary/aromatic N) is 2. The van der Waals surface area contributed by atoms with E-state index in [0.29, 0.717) is 11.6 Å². The van der Waals surface area contributed by atoms with Gasteiger partial charge in [0.15, 0.2) is 0 Å². The van der Waals surface area contributed by atoms with Crippen molar-refractivity contribution in [2.45, 2.75) is 19.4 Å². The SMILES string of the molecule is CC(C)(CO)Nc1cc(NN)nc(N)n1. The number of aromatic nitrogens is 2. The van der Waals surface area contributed by atoms with Gasteiger partial charge in [-0.25, -0.2) is 5.84 Å². The maximum absolute atomic E-state index is 9.07. The Hall–Kier alpha value is -1.60. The number of nitrogens with two attached hydrogens (primary N) is 2. The minimum atomic E-state index is -0.480. The molecule has 0 fully saturated rings. The molecule has 84 valence electrons. The summed E-state index contributed by atoms with van der Waals surface area (Å²) in [5.74, 6) is 6.25. The van der Waals surface area contributed by atoms with Crippen molar-refractivity contribution < 1.29 is 5.11 Å². The second kappa shape index (κ2) is 4.28. The maximum Gasteiger partial charge on any atom is 0.223 e. The number of nitrogen functional groups attached to an aromatic ring is 2. The van der Waals surface area contributed by atoms with E-state index in [1.165, 1.54) is 0 Å². The molecule has 0 aliphatic carbocycles. The third-order valence-electron chi connectivity index (χ3n) is 1.75. The second-order valence-corrected chi connectivity index (χ2v) is 3.81. The van der Waals surface area contributed by atoms with Gasteiger partial charge in [-0.15, -0.1) is 0 Å². The number of hydrogen-bond acceptors (Lipinski definition) is 7. The van der Waals surface area contributed by atoms with Crippen LogP contribution in [0.3, 0.4) is 0 Å². The summed E-state index contributed by atoms with van der Waals surface area (Å²) in [4.78, 5) is 7.80. The van der Waals surface area contributed by atoms with Gasteiger partial charge in [0.1, 0.15) is 11.6 Å². The summed E-state index contributed by atoms with van der Waals surface area (Å²) in [7, 11) is 0. The molecular weight excluding hydrogens is 196 g/mol. The minimum absolute atomic E-state index is 0.0255. The summed E-state index contributed by atoms with van der Waals surface area (Å²) in [6.45, 7) is 3.64. The van der Waals surface area contributed by atoms with Gasteiger partial charge in [0.25, 0.3) is 0 Å². The molecule has 0 atom stereocenters. The number of hydrazine groups is 1. The highest BCUT2D eigenvalue weighted by Crippen LogP contribution is 2.16. The van der Waals surface area contributed by atoms with Crippen molar-refractivity contribution in [2.75, 3.05) is 23.1 Å². The van der Waals surface area contributed by atoms with Crippen LogP contribution in [-0.4, -0.2) is 27.2 Å². The molecule has 7 nitrogen and oxygen atoms in total. The van der Waals surface area contributed by atoms with Crippen molar-refractivity contribution in [2.24, 2.45) is 5.84 Å². The zero-order valence-electron chi connectivity index (χ0n) is 8.78. The van der Waals surface area contributed by atoms with Crippen molar-refractivity contribution in [1.29, 1.82) is 0 Å². The minimum Gasteiger partial charge on any atom is -0.394 e. The lowest BCUT2D eigenvalue weighted by Gasteiger charge is -2.24. The summed E-state index contributed by atoms with van der Waals surface area (Å²) < 4.78 is 0. The highest BCUT2D eigenvalue weighted by Gasteiger charge is 2.16. The fourth-order valence-electron chi connectivity index (χ4n) is 0.990. The molecular formula is C8H16N6O. The van der Waals surface area contributed by atoms with Gasteiger partial charge in [-0.1, -0.05) is 0 Å². The third-order valence-corrected chi connectivity index (χ3v) is 1.75. The molecule has 1 aromatic heterocycles. The summed E-state index contributed by atoms with van der Waals surface area (Å²) in [5, 5.41) is 12.1. The molecule has 15 heavy (non-hydrogen) atoms. The van der Waals surface area contributed by atoms with E-state index in [1.807, 2.05) is 13.8 Å². The molecule has 1 rings (SSSR count). The number of aliphatic hydroxyl groups is 1. The molecule has 1 heterocycles. The quantitative estimate of drug-likeness (QED) is 0.337. The van der Waals surface area contributed by atoms with Crippen LogP contribution in [0.1, 0.15) is 13.8 Å². The molecule has 0 aliphatic rings. The summed E-state index contributed by atoms with van der Waals surface area (Å²) in [5.41, 5.74) is 7.37. The van der Waals surface area contributed by atoms with Gasteiger partial charge in [-0.05, 0) is 13.8 Å². The number of rotatable bonds is 4. The largest absolute Gasteiger partial charge is 0.394 e. The third kappa shape index (κ3) is 3.22. The highest BCUT2D eigenvalue weighted by atomic mass is 16.3. The lowest BCUT2D eigenvalue weighted by Crippen LogP contribution is -2.35. The fourth-order valence-corrected chi connectivity index (χ4v) is 0.990. The molecule has 0 aromatic carbocycles. The first-order valence-electron chi connectivity index (χ1n) is 4.47. The molecule has 0 saturated heterocycles. The first-order valence-corrected chi connectivity index (χ1v) is 4.47. The summed E-state index contributed by atoms with van der Waals surface area (Å²) in [6.07, 6.45) is 0. The molecule has 0 spiro atoms. The van der Waals surface area contributed by atoms with E-state index < -0.39 is 5.54 Å². The van der Waals surface area contributed by atoms with E-state index in [4.69, 9.17) is 16.7 Å². The van der Waals surface area contributed by atoms with Crippen LogP contribution in [0.15, 0.2) is 6.07 Å². The monoisotopic (exact) mass is 212 g/mol. The van der Waals surface area contributed by atoms with E-state index in [0.717, 1.165) is 0 Å². The van der Waals surface area contributed by atoms with Gasteiger partial charge >= 0.3 is 0 Å². The predicted molar refractivity (Wildman–Crippen MR) is 59.0 cm³/mol. The van der Waals surface area contributed by atoms with Crippen molar-refractivity contribution in [3.63, 3.8) is 0 Å². The Balaban J connectivity index is 2.90. The second-order valence-electron chi connectivity index (χ2n) is 3.81. The molecule has 0 bridgehead atoms. The number of nitrogens with one attached hydrogen (secondary N) is 2. The highest BCUT2D eigenvalue weighted by molar-refractivity contribution is 5.51. The van der Waals surface area contributed by atoms with Gasteiger partial charge in [0.05, 0.1) is 12.1 Å². The summed E-state index contributed by atoms with van der Waals surface area (Å²) in [6, 6.07) is 1.60. The van der Waals surface area contributed by atoms with Crippen LogP contribution < -0.4 is 22.3 Å². The maximum atomic E-state index is 9.07. The van der Waals surface area contributed by atoms with Gasteiger partial charge in [0.2, 0.25) is 5.95 Å². The lowest BCUT2D eigenvalue weighted by atomic mass is 10.1. The number of aliphatic hydroxyl groups excluding tert-OH is 1. The average molecular weight is 212 g/mol. The average Bonchev–Trinajstić information content (AvgIpc) is 2.16. The lowest BCUT2D eigenvalue weighted by molar-refractivity contribution is 0.234.